The van der Waals surface area contributed by atoms with Crippen LogP contribution in [-0.2, 0) is 4.79 Å². The molecule has 0 aliphatic carbocycles. The third-order valence-electron chi connectivity index (χ3n) is 2.82. The molecule has 0 atom stereocenters. The SMILES string of the molecule is Cc1ccc(N(CCCN)CC(=O)NC(C)C)cc1. The number of hydrogen-bond donors (Lipinski definition) is 2. The van der Waals surface area contributed by atoms with E-state index in [0.717, 1.165) is 18.7 Å². The maximum atomic E-state index is 11.9. The van der Waals surface area contributed by atoms with Crippen molar-refractivity contribution in [2.45, 2.75) is 33.2 Å². The van der Waals surface area contributed by atoms with Gasteiger partial charge in [0.2, 0.25) is 5.91 Å². The molecule has 4 heteroatoms. The average molecular weight is 263 g/mol. The van der Waals surface area contributed by atoms with Crippen LogP contribution < -0.4 is 16.0 Å². The molecular formula is C15H25N3O. The fraction of sp³-hybridized carbons (Fsp3) is 0.533. The second-order valence-electron chi connectivity index (χ2n) is 5.12. The van der Waals surface area contributed by atoms with Crippen LogP contribution in [0.1, 0.15) is 25.8 Å². The standard InChI is InChI=1S/C15H25N3O/c1-12(2)17-15(19)11-18(10-4-9-16)14-7-5-13(3)6-8-14/h5-8,12H,4,9-11,16H2,1-3H3,(H,17,19). The summed E-state index contributed by atoms with van der Waals surface area (Å²) in [7, 11) is 0. The minimum atomic E-state index is 0.0487. The Morgan fingerprint density at radius 3 is 2.47 bits per heavy atom. The van der Waals surface area contributed by atoms with Crippen molar-refractivity contribution in [2.75, 3.05) is 24.5 Å². The van der Waals surface area contributed by atoms with Gasteiger partial charge in [0, 0.05) is 18.3 Å². The van der Waals surface area contributed by atoms with E-state index >= 15 is 0 Å². The number of benzene rings is 1. The van der Waals surface area contributed by atoms with Crippen molar-refractivity contribution in [3.8, 4) is 0 Å². The van der Waals surface area contributed by atoms with Crippen molar-refractivity contribution < 1.29 is 4.79 Å². The van der Waals surface area contributed by atoms with Crippen LogP contribution in [0, 0.1) is 6.92 Å². The Bertz CT molecular complexity index is 387. The van der Waals surface area contributed by atoms with Gasteiger partial charge >= 0.3 is 0 Å². The van der Waals surface area contributed by atoms with Crippen LogP contribution in [0.3, 0.4) is 0 Å². The summed E-state index contributed by atoms with van der Waals surface area (Å²) < 4.78 is 0. The van der Waals surface area contributed by atoms with Crippen LogP contribution in [0.15, 0.2) is 24.3 Å². The maximum absolute atomic E-state index is 11.9. The first-order valence-electron chi connectivity index (χ1n) is 6.84. The lowest BCUT2D eigenvalue weighted by molar-refractivity contribution is -0.120. The van der Waals surface area contributed by atoms with Gasteiger partial charge in [-0.1, -0.05) is 17.7 Å². The number of nitrogens with one attached hydrogen (secondary N) is 1. The third-order valence-corrected chi connectivity index (χ3v) is 2.82. The highest BCUT2D eigenvalue weighted by Gasteiger charge is 2.11. The van der Waals surface area contributed by atoms with Gasteiger partial charge in [-0.05, 0) is 45.9 Å². The molecule has 0 aliphatic heterocycles. The van der Waals surface area contributed by atoms with Gasteiger partial charge in [-0.15, -0.1) is 0 Å². The van der Waals surface area contributed by atoms with E-state index in [1.807, 2.05) is 13.8 Å². The first-order chi connectivity index (χ1) is 9.02. The lowest BCUT2D eigenvalue weighted by Crippen LogP contribution is -2.40. The van der Waals surface area contributed by atoms with Crippen molar-refractivity contribution in [1.29, 1.82) is 0 Å². The summed E-state index contributed by atoms with van der Waals surface area (Å²) in [5.41, 5.74) is 7.85. The van der Waals surface area contributed by atoms with E-state index in [1.54, 1.807) is 0 Å². The average Bonchev–Trinajstić information content (AvgIpc) is 2.34. The van der Waals surface area contributed by atoms with Crippen molar-refractivity contribution in [1.82, 2.24) is 5.32 Å². The van der Waals surface area contributed by atoms with Crippen molar-refractivity contribution in [3.63, 3.8) is 0 Å². The van der Waals surface area contributed by atoms with E-state index in [-0.39, 0.29) is 11.9 Å². The van der Waals surface area contributed by atoms with E-state index in [4.69, 9.17) is 5.73 Å². The summed E-state index contributed by atoms with van der Waals surface area (Å²) >= 11 is 0. The summed E-state index contributed by atoms with van der Waals surface area (Å²) in [6, 6.07) is 8.39. The number of aryl methyl sites for hydroxylation is 1. The molecule has 0 saturated carbocycles. The molecule has 19 heavy (non-hydrogen) atoms. The highest BCUT2D eigenvalue weighted by molar-refractivity contribution is 5.81. The summed E-state index contributed by atoms with van der Waals surface area (Å²) in [5, 5.41) is 2.92. The Morgan fingerprint density at radius 2 is 1.95 bits per heavy atom. The molecule has 0 saturated heterocycles. The van der Waals surface area contributed by atoms with Crippen LogP contribution in [0.5, 0.6) is 0 Å². The molecule has 0 unspecified atom stereocenters. The van der Waals surface area contributed by atoms with E-state index in [2.05, 4.69) is 41.4 Å². The summed E-state index contributed by atoms with van der Waals surface area (Å²) in [6.45, 7) is 7.79. The normalized spacial score (nSPS) is 10.6. The Labute approximate surface area is 116 Å². The van der Waals surface area contributed by atoms with Gasteiger partial charge in [-0.25, -0.2) is 0 Å². The van der Waals surface area contributed by atoms with Crippen molar-refractivity contribution in [3.05, 3.63) is 29.8 Å². The Morgan fingerprint density at radius 1 is 1.32 bits per heavy atom. The van der Waals surface area contributed by atoms with Gasteiger partial charge in [0.05, 0.1) is 6.54 Å². The quantitative estimate of drug-likeness (QED) is 0.787. The maximum Gasteiger partial charge on any atom is 0.239 e. The van der Waals surface area contributed by atoms with Crippen LogP contribution in [0.2, 0.25) is 0 Å². The number of nitrogens with two attached hydrogens (primary N) is 1. The lowest BCUT2D eigenvalue weighted by Gasteiger charge is -2.24. The molecule has 0 fully saturated rings. The zero-order valence-electron chi connectivity index (χ0n) is 12.1. The molecule has 3 N–H and O–H groups in total. The van der Waals surface area contributed by atoms with Crippen molar-refractivity contribution in [2.24, 2.45) is 5.73 Å². The Hall–Kier alpha value is -1.55. The van der Waals surface area contributed by atoms with Crippen LogP contribution in [0.25, 0.3) is 0 Å². The molecule has 1 aromatic rings. The predicted octanol–water partition coefficient (Wildman–Crippen LogP) is 1.67. The molecular weight excluding hydrogens is 238 g/mol. The van der Waals surface area contributed by atoms with Gasteiger partial charge in [-0.2, -0.15) is 0 Å². The number of anilines is 1. The van der Waals surface area contributed by atoms with Crippen LogP contribution in [-0.4, -0.2) is 31.6 Å². The second kappa shape index (κ2) is 7.79. The van der Waals surface area contributed by atoms with E-state index < -0.39 is 0 Å². The first-order valence-corrected chi connectivity index (χ1v) is 6.84. The van der Waals surface area contributed by atoms with Gasteiger partial charge in [-0.3, -0.25) is 4.79 Å². The molecule has 106 valence electrons. The summed E-state index contributed by atoms with van der Waals surface area (Å²) in [5.74, 6) is 0.0487. The van der Waals surface area contributed by atoms with Gasteiger partial charge < -0.3 is 16.0 Å². The van der Waals surface area contributed by atoms with Crippen LogP contribution >= 0.6 is 0 Å². The zero-order chi connectivity index (χ0) is 14.3. The highest BCUT2D eigenvalue weighted by atomic mass is 16.2. The number of hydrogen-bond acceptors (Lipinski definition) is 3. The van der Waals surface area contributed by atoms with Gasteiger partial charge in [0.15, 0.2) is 0 Å². The van der Waals surface area contributed by atoms with E-state index in [0.29, 0.717) is 13.1 Å². The topological polar surface area (TPSA) is 58.4 Å². The van der Waals surface area contributed by atoms with E-state index in [9.17, 15) is 4.79 Å². The lowest BCUT2D eigenvalue weighted by atomic mass is 10.2. The zero-order valence-corrected chi connectivity index (χ0v) is 12.1. The van der Waals surface area contributed by atoms with Gasteiger partial charge in [0.1, 0.15) is 0 Å². The number of carbonyl (C=O) groups excluding carboxylic acids is 1. The van der Waals surface area contributed by atoms with E-state index in [1.165, 1.54) is 5.56 Å². The largest absolute Gasteiger partial charge is 0.362 e. The molecule has 4 nitrogen and oxygen atoms in total. The summed E-state index contributed by atoms with van der Waals surface area (Å²) in [4.78, 5) is 14.0. The van der Waals surface area contributed by atoms with Crippen LogP contribution in [0.4, 0.5) is 5.69 Å². The summed E-state index contributed by atoms with van der Waals surface area (Å²) in [6.07, 6.45) is 0.878. The molecule has 0 aromatic heterocycles. The van der Waals surface area contributed by atoms with Gasteiger partial charge in [0.25, 0.3) is 0 Å². The number of nitrogens with zero attached hydrogens (tertiary/aromatic N) is 1. The first kappa shape index (κ1) is 15.5. The molecule has 0 radical (unpaired) electrons. The third kappa shape index (κ3) is 5.75. The molecule has 0 aliphatic rings. The molecule has 1 amide bonds. The molecule has 0 spiro atoms. The number of rotatable bonds is 7. The minimum Gasteiger partial charge on any atom is -0.362 e. The fourth-order valence-corrected chi connectivity index (χ4v) is 1.88. The highest BCUT2D eigenvalue weighted by Crippen LogP contribution is 2.15. The fourth-order valence-electron chi connectivity index (χ4n) is 1.88. The predicted molar refractivity (Wildman–Crippen MR) is 80.3 cm³/mol. The Kier molecular flexibility index (Phi) is 6.36. The smallest absolute Gasteiger partial charge is 0.239 e. The molecule has 0 heterocycles. The molecule has 1 rings (SSSR count). The van der Waals surface area contributed by atoms with Crippen molar-refractivity contribution >= 4 is 11.6 Å². The monoisotopic (exact) mass is 263 g/mol. The molecule has 0 bridgehead atoms. The minimum absolute atomic E-state index is 0.0487. The Balaban J connectivity index is 2.71. The second-order valence-corrected chi connectivity index (χ2v) is 5.12. The number of amides is 1. The molecule has 1 aromatic carbocycles. The number of carbonyl (C=O) groups is 1.